The predicted molar refractivity (Wildman–Crippen MR) is 90.7 cm³/mol. The first-order valence-corrected chi connectivity index (χ1v) is 8.24. The Labute approximate surface area is 132 Å². The van der Waals surface area contributed by atoms with Gasteiger partial charge in [-0.2, -0.15) is 0 Å². The van der Waals surface area contributed by atoms with Gasteiger partial charge < -0.3 is 0 Å². The van der Waals surface area contributed by atoms with E-state index in [1.54, 1.807) is 4.42 Å². The van der Waals surface area contributed by atoms with Crippen LogP contribution in [0.25, 0.3) is 0 Å². The van der Waals surface area contributed by atoms with Gasteiger partial charge in [-0.05, 0) is 42.0 Å². The van der Waals surface area contributed by atoms with Crippen LogP contribution in [0.3, 0.4) is 0 Å². The van der Waals surface area contributed by atoms with Crippen LogP contribution in [0.5, 0.6) is 0 Å². The van der Waals surface area contributed by atoms with Gasteiger partial charge in [-0.1, -0.05) is 61.7 Å². The van der Waals surface area contributed by atoms with E-state index in [4.69, 9.17) is 11.8 Å². The maximum absolute atomic E-state index is 6.36. The Balaban J connectivity index is 1.64. The highest BCUT2D eigenvalue weighted by atomic mass is 35.5. The van der Waals surface area contributed by atoms with Gasteiger partial charge in [0.05, 0.1) is 12.2 Å². The van der Waals surface area contributed by atoms with Crippen molar-refractivity contribution in [1.29, 1.82) is 0 Å². The zero-order valence-electron chi connectivity index (χ0n) is 12.3. The second-order valence-corrected chi connectivity index (χ2v) is 6.34. The lowest BCUT2D eigenvalue weighted by Gasteiger charge is -2.22. The van der Waals surface area contributed by atoms with Gasteiger partial charge in [-0.25, -0.2) is 0 Å². The first kappa shape index (κ1) is 14.5. The van der Waals surface area contributed by atoms with Crippen LogP contribution in [0.4, 0.5) is 5.69 Å². The molecule has 3 rings (SSSR count). The lowest BCUT2D eigenvalue weighted by Crippen LogP contribution is -2.10. The molecule has 0 N–H and O–H groups in total. The molecule has 21 heavy (non-hydrogen) atoms. The van der Waals surface area contributed by atoms with Gasteiger partial charge in [0.25, 0.3) is 0 Å². The second kappa shape index (κ2) is 7.00. The summed E-state index contributed by atoms with van der Waals surface area (Å²) in [6.45, 7) is 0.733. The van der Waals surface area contributed by atoms with E-state index in [1.807, 2.05) is 30.3 Å². The number of nitrogens with zero attached hydrogens (tertiary/aromatic N) is 1. The number of hydrogen-bond acceptors (Lipinski definition) is 1. The fraction of sp³-hybridized carbons (Fsp3) is 0.368. The van der Waals surface area contributed by atoms with Gasteiger partial charge in [0.15, 0.2) is 0 Å². The predicted octanol–water partition coefficient (Wildman–Crippen LogP) is 5.89. The molecule has 0 amide bonds. The van der Waals surface area contributed by atoms with Crippen LogP contribution in [0, 0.1) is 0 Å². The normalized spacial score (nSPS) is 15.9. The van der Waals surface area contributed by atoms with Crippen molar-refractivity contribution in [2.75, 3.05) is 4.42 Å². The molecule has 1 saturated carbocycles. The standard InChI is InChI=1S/C19H22ClN/c20-21(19-9-5-2-6-10-19)15-16-11-13-18(14-12-16)17-7-3-1-4-8-17/h2,5-6,9-14,17H,1,3-4,7-8,15H2. The molecule has 0 radical (unpaired) electrons. The third kappa shape index (κ3) is 3.79. The summed E-state index contributed by atoms with van der Waals surface area (Å²) < 4.78 is 1.77. The van der Waals surface area contributed by atoms with Gasteiger partial charge >= 0.3 is 0 Å². The topological polar surface area (TPSA) is 3.24 Å². The molecule has 0 aromatic heterocycles. The maximum atomic E-state index is 6.36. The van der Waals surface area contributed by atoms with Crippen LogP contribution in [0.15, 0.2) is 54.6 Å². The number of rotatable bonds is 4. The number of para-hydroxylation sites is 1. The number of hydrogen-bond donors (Lipinski definition) is 0. The number of benzene rings is 2. The molecule has 2 aromatic carbocycles. The van der Waals surface area contributed by atoms with Crippen LogP contribution < -0.4 is 4.42 Å². The van der Waals surface area contributed by atoms with Crippen molar-refractivity contribution in [3.63, 3.8) is 0 Å². The molecule has 0 bridgehead atoms. The molecule has 2 aromatic rings. The Hall–Kier alpha value is -1.47. The van der Waals surface area contributed by atoms with E-state index in [9.17, 15) is 0 Å². The van der Waals surface area contributed by atoms with Crippen LogP contribution >= 0.6 is 11.8 Å². The summed E-state index contributed by atoms with van der Waals surface area (Å²) in [5.41, 5.74) is 3.79. The summed E-state index contributed by atoms with van der Waals surface area (Å²) in [6.07, 6.45) is 6.88. The minimum atomic E-state index is 0.733. The monoisotopic (exact) mass is 299 g/mol. The van der Waals surface area contributed by atoms with Gasteiger partial charge in [0, 0.05) is 11.8 Å². The highest BCUT2D eigenvalue weighted by molar-refractivity contribution is 6.25. The third-order valence-electron chi connectivity index (χ3n) is 4.41. The SMILES string of the molecule is ClN(Cc1ccc(C2CCCCC2)cc1)c1ccccc1. The largest absolute Gasteiger partial charge is 0.281 e. The van der Waals surface area contributed by atoms with E-state index < -0.39 is 0 Å². The highest BCUT2D eigenvalue weighted by Gasteiger charge is 2.15. The quantitative estimate of drug-likeness (QED) is 0.636. The van der Waals surface area contributed by atoms with Gasteiger partial charge in [-0.15, -0.1) is 0 Å². The molecular weight excluding hydrogens is 278 g/mol. The van der Waals surface area contributed by atoms with Crippen LogP contribution in [-0.4, -0.2) is 0 Å². The molecule has 1 aliphatic carbocycles. The molecule has 110 valence electrons. The van der Waals surface area contributed by atoms with E-state index in [0.717, 1.165) is 18.2 Å². The Bertz CT molecular complexity index is 544. The molecule has 0 spiro atoms. The van der Waals surface area contributed by atoms with E-state index in [-0.39, 0.29) is 0 Å². The fourth-order valence-electron chi connectivity index (χ4n) is 3.17. The molecule has 1 aliphatic rings. The van der Waals surface area contributed by atoms with Crippen LogP contribution in [0.2, 0.25) is 0 Å². The summed E-state index contributed by atoms with van der Waals surface area (Å²) in [5.74, 6) is 0.772. The lowest BCUT2D eigenvalue weighted by molar-refractivity contribution is 0.443. The molecule has 0 aliphatic heterocycles. The minimum Gasteiger partial charge on any atom is -0.281 e. The molecule has 2 heteroatoms. The zero-order chi connectivity index (χ0) is 14.5. The van der Waals surface area contributed by atoms with Crippen molar-refractivity contribution >= 4 is 17.5 Å². The van der Waals surface area contributed by atoms with Crippen LogP contribution in [-0.2, 0) is 6.54 Å². The maximum Gasteiger partial charge on any atom is 0.0599 e. The van der Waals surface area contributed by atoms with Crippen molar-refractivity contribution in [1.82, 2.24) is 0 Å². The van der Waals surface area contributed by atoms with Gasteiger partial charge in [-0.3, -0.25) is 4.42 Å². The summed E-state index contributed by atoms with van der Waals surface area (Å²) in [5, 5.41) is 0. The second-order valence-electron chi connectivity index (χ2n) is 5.93. The van der Waals surface area contributed by atoms with E-state index in [2.05, 4.69) is 24.3 Å². The van der Waals surface area contributed by atoms with E-state index >= 15 is 0 Å². The summed E-state index contributed by atoms with van der Waals surface area (Å²) in [6, 6.07) is 19.1. The Morgan fingerprint density at radius 3 is 2.19 bits per heavy atom. The molecule has 0 atom stereocenters. The van der Waals surface area contributed by atoms with Crippen molar-refractivity contribution in [3.05, 3.63) is 65.7 Å². The Kier molecular flexibility index (Phi) is 4.82. The minimum absolute atomic E-state index is 0.733. The first-order chi connectivity index (χ1) is 10.3. The fourth-order valence-corrected chi connectivity index (χ4v) is 3.42. The number of halogens is 1. The van der Waals surface area contributed by atoms with Gasteiger partial charge in [0.1, 0.15) is 0 Å². The average Bonchev–Trinajstić information content (AvgIpc) is 2.57. The Morgan fingerprint density at radius 2 is 1.52 bits per heavy atom. The summed E-state index contributed by atoms with van der Waals surface area (Å²) >= 11 is 6.36. The molecular formula is C19H22ClN. The van der Waals surface area contributed by atoms with Crippen molar-refractivity contribution in [3.8, 4) is 0 Å². The van der Waals surface area contributed by atoms with Crippen molar-refractivity contribution in [2.24, 2.45) is 0 Å². The number of anilines is 1. The third-order valence-corrected chi connectivity index (χ3v) is 4.73. The smallest absolute Gasteiger partial charge is 0.0599 e. The molecule has 0 unspecified atom stereocenters. The summed E-state index contributed by atoms with van der Waals surface area (Å²) in [4.78, 5) is 0. The molecule has 0 heterocycles. The van der Waals surface area contributed by atoms with Crippen molar-refractivity contribution < 1.29 is 0 Å². The van der Waals surface area contributed by atoms with E-state index in [0.29, 0.717) is 0 Å². The zero-order valence-corrected chi connectivity index (χ0v) is 13.1. The van der Waals surface area contributed by atoms with E-state index in [1.165, 1.54) is 43.2 Å². The first-order valence-electron chi connectivity index (χ1n) is 7.90. The Morgan fingerprint density at radius 1 is 0.857 bits per heavy atom. The van der Waals surface area contributed by atoms with Crippen LogP contribution in [0.1, 0.15) is 49.1 Å². The molecule has 0 saturated heterocycles. The molecule has 1 nitrogen and oxygen atoms in total. The summed E-state index contributed by atoms with van der Waals surface area (Å²) in [7, 11) is 0. The molecule has 1 fully saturated rings. The lowest BCUT2D eigenvalue weighted by atomic mass is 9.84. The average molecular weight is 300 g/mol. The van der Waals surface area contributed by atoms with Gasteiger partial charge in [0.2, 0.25) is 0 Å². The van der Waals surface area contributed by atoms with Crippen molar-refractivity contribution in [2.45, 2.75) is 44.6 Å². The highest BCUT2D eigenvalue weighted by Crippen LogP contribution is 2.32.